The molecule has 0 radical (unpaired) electrons. The van der Waals surface area contributed by atoms with E-state index >= 15 is 0 Å². The zero-order valence-corrected chi connectivity index (χ0v) is 18.3. The summed E-state index contributed by atoms with van der Waals surface area (Å²) >= 11 is 12.9. The first-order valence-electron chi connectivity index (χ1n) is 9.36. The highest BCUT2D eigenvalue weighted by atomic mass is 35.5. The van der Waals surface area contributed by atoms with Crippen molar-refractivity contribution in [2.45, 2.75) is 13.2 Å². The average molecular weight is 452 g/mol. The standard InChI is InChI=1S/C24H18ClNO2S2/c25-21-12-5-4-10-19(21)16-28-20-11-6-9-18(13-20)14-22-23(27)26(24(29)30-22)15-17-7-2-1-3-8-17/h1-14H,15-16H2. The minimum absolute atomic E-state index is 0.0729. The first-order valence-corrected chi connectivity index (χ1v) is 11.0. The minimum Gasteiger partial charge on any atom is -0.489 e. The molecule has 0 aliphatic carbocycles. The predicted octanol–water partition coefficient (Wildman–Crippen LogP) is 6.32. The monoisotopic (exact) mass is 451 g/mol. The highest BCUT2D eigenvalue weighted by Crippen LogP contribution is 2.34. The smallest absolute Gasteiger partial charge is 0.266 e. The van der Waals surface area contributed by atoms with E-state index in [2.05, 4.69) is 0 Å². The van der Waals surface area contributed by atoms with E-state index in [1.165, 1.54) is 11.8 Å². The van der Waals surface area contributed by atoms with Gasteiger partial charge in [0.15, 0.2) is 0 Å². The quantitative estimate of drug-likeness (QED) is 0.324. The van der Waals surface area contributed by atoms with Crippen LogP contribution in [0.3, 0.4) is 0 Å². The summed E-state index contributed by atoms with van der Waals surface area (Å²) < 4.78 is 6.46. The molecule has 6 heteroatoms. The largest absolute Gasteiger partial charge is 0.489 e. The van der Waals surface area contributed by atoms with Crippen LogP contribution in [0.4, 0.5) is 0 Å². The van der Waals surface area contributed by atoms with Gasteiger partial charge in [-0.15, -0.1) is 0 Å². The topological polar surface area (TPSA) is 29.5 Å². The van der Waals surface area contributed by atoms with Gasteiger partial charge in [0.1, 0.15) is 16.7 Å². The van der Waals surface area contributed by atoms with Gasteiger partial charge in [-0.2, -0.15) is 0 Å². The highest BCUT2D eigenvalue weighted by Gasteiger charge is 2.31. The van der Waals surface area contributed by atoms with E-state index in [1.54, 1.807) is 4.90 Å². The Bertz CT molecular complexity index is 1110. The lowest BCUT2D eigenvalue weighted by molar-refractivity contribution is -0.122. The van der Waals surface area contributed by atoms with Crippen LogP contribution in [0.2, 0.25) is 5.02 Å². The number of amides is 1. The number of carbonyl (C=O) groups is 1. The summed E-state index contributed by atoms with van der Waals surface area (Å²) in [6.45, 7) is 0.853. The number of halogens is 1. The Morgan fingerprint density at radius 3 is 2.57 bits per heavy atom. The molecule has 0 unspecified atom stereocenters. The van der Waals surface area contributed by atoms with Gasteiger partial charge < -0.3 is 4.74 Å². The summed E-state index contributed by atoms with van der Waals surface area (Å²) in [4.78, 5) is 15.1. The molecule has 1 aliphatic heterocycles. The van der Waals surface area contributed by atoms with Crippen molar-refractivity contribution in [2.24, 2.45) is 0 Å². The zero-order valence-electron chi connectivity index (χ0n) is 16.0. The van der Waals surface area contributed by atoms with Crippen molar-refractivity contribution < 1.29 is 9.53 Å². The molecule has 30 heavy (non-hydrogen) atoms. The Hall–Kier alpha value is -2.60. The SMILES string of the molecule is O=C1C(=Cc2cccc(OCc3ccccc3Cl)c2)SC(=S)N1Cc1ccccc1. The number of ether oxygens (including phenoxy) is 1. The maximum absolute atomic E-state index is 12.9. The predicted molar refractivity (Wildman–Crippen MR) is 127 cm³/mol. The first kappa shape index (κ1) is 20.7. The van der Waals surface area contributed by atoms with Crippen molar-refractivity contribution in [1.29, 1.82) is 0 Å². The van der Waals surface area contributed by atoms with Crippen molar-refractivity contribution in [3.8, 4) is 5.75 Å². The molecule has 0 bridgehead atoms. The summed E-state index contributed by atoms with van der Waals surface area (Å²) in [6.07, 6.45) is 1.85. The van der Waals surface area contributed by atoms with Gasteiger partial charge in [-0.1, -0.05) is 96.2 Å². The molecule has 3 aromatic carbocycles. The zero-order chi connectivity index (χ0) is 20.9. The Labute approximate surface area is 190 Å². The molecule has 3 nitrogen and oxygen atoms in total. The van der Waals surface area contributed by atoms with Crippen LogP contribution >= 0.6 is 35.6 Å². The second-order valence-electron chi connectivity index (χ2n) is 6.71. The van der Waals surface area contributed by atoms with Gasteiger partial charge in [-0.3, -0.25) is 9.69 Å². The van der Waals surface area contributed by atoms with E-state index in [-0.39, 0.29) is 5.91 Å². The average Bonchev–Trinajstić information content (AvgIpc) is 3.01. The molecular weight excluding hydrogens is 434 g/mol. The van der Waals surface area contributed by atoms with Crippen LogP contribution in [-0.4, -0.2) is 15.1 Å². The number of nitrogens with zero attached hydrogens (tertiary/aromatic N) is 1. The van der Waals surface area contributed by atoms with Crippen molar-refractivity contribution in [3.63, 3.8) is 0 Å². The molecule has 0 aromatic heterocycles. The third-order valence-corrected chi connectivity index (χ3v) is 6.31. The van der Waals surface area contributed by atoms with Crippen LogP contribution in [0.5, 0.6) is 5.75 Å². The second-order valence-corrected chi connectivity index (χ2v) is 8.79. The number of thioether (sulfide) groups is 1. The molecule has 3 aromatic rings. The fourth-order valence-electron chi connectivity index (χ4n) is 3.02. The molecule has 0 saturated carbocycles. The van der Waals surface area contributed by atoms with Gasteiger partial charge in [0.05, 0.1) is 11.4 Å². The summed E-state index contributed by atoms with van der Waals surface area (Å²) in [5.41, 5.74) is 2.85. The Kier molecular flexibility index (Phi) is 6.53. The molecule has 0 N–H and O–H groups in total. The molecule has 1 amide bonds. The van der Waals surface area contributed by atoms with Crippen LogP contribution in [0.1, 0.15) is 16.7 Å². The fraction of sp³-hybridized carbons (Fsp3) is 0.0833. The van der Waals surface area contributed by atoms with E-state index in [4.69, 9.17) is 28.6 Å². The first-order chi connectivity index (χ1) is 14.6. The van der Waals surface area contributed by atoms with E-state index in [1.807, 2.05) is 84.9 Å². The molecule has 1 aliphatic rings. The van der Waals surface area contributed by atoms with E-state index in [9.17, 15) is 4.79 Å². The molecule has 0 spiro atoms. The Morgan fingerprint density at radius 1 is 1.00 bits per heavy atom. The maximum atomic E-state index is 12.9. The fourth-order valence-corrected chi connectivity index (χ4v) is 4.47. The van der Waals surface area contributed by atoms with Crippen molar-refractivity contribution in [3.05, 3.63) is 105 Å². The molecule has 1 saturated heterocycles. The minimum atomic E-state index is -0.0729. The highest BCUT2D eigenvalue weighted by molar-refractivity contribution is 8.26. The number of hydrogen-bond donors (Lipinski definition) is 0. The number of hydrogen-bond acceptors (Lipinski definition) is 4. The molecule has 4 rings (SSSR count). The summed E-state index contributed by atoms with van der Waals surface area (Å²) in [5, 5.41) is 0.677. The van der Waals surface area contributed by atoms with Crippen LogP contribution in [-0.2, 0) is 17.9 Å². The second kappa shape index (κ2) is 9.47. The number of benzene rings is 3. The molecule has 1 fully saturated rings. The lowest BCUT2D eigenvalue weighted by atomic mass is 10.2. The summed E-state index contributed by atoms with van der Waals surface area (Å²) in [6, 6.07) is 25.1. The Balaban J connectivity index is 1.47. The lowest BCUT2D eigenvalue weighted by Crippen LogP contribution is -2.27. The molecular formula is C24H18ClNO2S2. The van der Waals surface area contributed by atoms with Crippen LogP contribution in [0, 0.1) is 0 Å². The Morgan fingerprint density at radius 2 is 1.77 bits per heavy atom. The molecule has 1 heterocycles. The van der Waals surface area contributed by atoms with Crippen molar-refractivity contribution in [2.75, 3.05) is 0 Å². The van der Waals surface area contributed by atoms with Gasteiger partial charge in [0.2, 0.25) is 0 Å². The number of rotatable bonds is 6. The van der Waals surface area contributed by atoms with Gasteiger partial charge >= 0.3 is 0 Å². The van der Waals surface area contributed by atoms with Gasteiger partial charge in [-0.05, 0) is 35.4 Å². The van der Waals surface area contributed by atoms with Crippen LogP contribution in [0.15, 0.2) is 83.8 Å². The van der Waals surface area contributed by atoms with Gasteiger partial charge in [-0.25, -0.2) is 0 Å². The van der Waals surface area contributed by atoms with Crippen molar-refractivity contribution >= 4 is 51.9 Å². The van der Waals surface area contributed by atoms with E-state index in [0.717, 1.165) is 16.7 Å². The summed E-state index contributed by atoms with van der Waals surface area (Å²) in [5.74, 6) is 0.639. The van der Waals surface area contributed by atoms with Crippen molar-refractivity contribution in [1.82, 2.24) is 4.90 Å². The lowest BCUT2D eigenvalue weighted by Gasteiger charge is -2.14. The molecule has 0 atom stereocenters. The van der Waals surface area contributed by atoms with Crippen LogP contribution < -0.4 is 4.74 Å². The number of thiocarbonyl (C=S) groups is 1. The summed E-state index contributed by atoms with van der Waals surface area (Å²) in [7, 11) is 0. The van der Waals surface area contributed by atoms with Gasteiger partial charge in [0.25, 0.3) is 5.91 Å². The van der Waals surface area contributed by atoms with E-state index < -0.39 is 0 Å². The normalized spacial score (nSPS) is 15.1. The van der Waals surface area contributed by atoms with Gasteiger partial charge in [0, 0.05) is 10.6 Å². The third-order valence-electron chi connectivity index (χ3n) is 4.57. The number of carbonyl (C=O) groups excluding carboxylic acids is 1. The maximum Gasteiger partial charge on any atom is 0.266 e. The third kappa shape index (κ3) is 4.93. The van der Waals surface area contributed by atoms with E-state index in [0.29, 0.717) is 33.1 Å². The van der Waals surface area contributed by atoms with Crippen LogP contribution in [0.25, 0.3) is 6.08 Å². The molecule has 150 valence electrons.